The van der Waals surface area contributed by atoms with Crippen LogP contribution in [0.2, 0.25) is 0 Å². The highest BCUT2D eigenvalue weighted by molar-refractivity contribution is 5.78. The van der Waals surface area contributed by atoms with Crippen molar-refractivity contribution in [3.63, 3.8) is 0 Å². The monoisotopic (exact) mass is 342 g/mol. The Labute approximate surface area is 141 Å². The van der Waals surface area contributed by atoms with E-state index in [9.17, 15) is 18.0 Å². The molecule has 2 atom stereocenters. The molecule has 6 heteroatoms. The van der Waals surface area contributed by atoms with E-state index >= 15 is 0 Å². The van der Waals surface area contributed by atoms with Gasteiger partial charge in [0.05, 0.1) is 12.1 Å². The number of rotatable bonds is 5. The highest BCUT2D eigenvalue weighted by atomic mass is 19.4. The van der Waals surface area contributed by atoms with Crippen molar-refractivity contribution >= 4 is 5.91 Å². The minimum atomic E-state index is -4.32. The van der Waals surface area contributed by atoms with Gasteiger partial charge >= 0.3 is 6.18 Å². The van der Waals surface area contributed by atoms with Gasteiger partial charge < -0.3 is 5.32 Å². The molecule has 0 bridgehead atoms. The smallest absolute Gasteiger partial charge is 0.352 e. The number of hydrogen-bond acceptors (Lipinski definition) is 2. The van der Waals surface area contributed by atoms with Crippen LogP contribution in [0.4, 0.5) is 13.2 Å². The first kappa shape index (κ1) is 18.8. The lowest BCUT2D eigenvalue weighted by atomic mass is 9.86. The number of carbonyl (C=O) groups excluding carboxylic acids is 1. The normalized spacial score (nSPS) is 21.8. The summed E-state index contributed by atoms with van der Waals surface area (Å²) >= 11 is 0. The van der Waals surface area contributed by atoms with E-state index in [1.165, 1.54) is 18.6 Å². The number of benzene rings is 1. The van der Waals surface area contributed by atoms with Crippen LogP contribution in [0.15, 0.2) is 24.3 Å². The maximum absolute atomic E-state index is 12.5. The summed E-state index contributed by atoms with van der Waals surface area (Å²) in [4.78, 5) is 14.0. The molecular formula is C18H25F3N2O. The van der Waals surface area contributed by atoms with E-state index in [4.69, 9.17) is 0 Å². The van der Waals surface area contributed by atoms with Crippen LogP contribution in [0.25, 0.3) is 0 Å². The third-order valence-electron chi connectivity index (χ3n) is 4.61. The number of likely N-dealkylation sites (N-methyl/N-ethyl adjacent to an activating group) is 1. The second-order valence-electron chi connectivity index (χ2n) is 6.80. The molecule has 24 heavy (non-hydrogen) atoms. The van der Waals surface area contributed by atoms with Crippen molar-refractivity contribution in [1.82, 2.24) is 10.2 Å². The predicted molar refractivity (Wildman–Crippen MR) is 87.3 cm³/mol. The Morgan fingerprint density at radius 3 is 2.42 bits per heavy atom. The molecule has 0 saturated heterocycles. The quantitative estimate of drug-likeness (QED) is 0.882. The Hall–Kier alpha value is -1.56. The lowest BCUT2D eigenvalue weighted by molar-refractivity contribution is -0.137. The van der Waals surface area contributed by atoms with Gasteiger partial charge in [-0.25, -0.2) is 0 Å². The van der Waals surface area contributed by atoms with Gasteiger partial charge in [0.1, 0.15) is 0 Å². The Bertz CT molecular complexity index is 542. The highest BCUT2D eigenvalue weighted by Gasteiger charge is 2.30. The molecule has 1 N–H and O–H groups in total. The van der Waals surface area contributed by atoms with Crippen LogP contribution >= 0.6 is 0 Å². The van der Waals surface area contributed by atoms with Gasteiger partial charge in [-0.05, 0) is 43.5 Å². The molecule has 1 aromatic carbocycles. The SMILES string of the molecule is C[C@@H]1CCCC[C@@H]1NC(=O)CN(C)Cc1ccc(C(F)(F)F)cc1. The third kappa shape index (κ3) is 5.51. The van der Waals surface area contributed by atoms with Crippen LogP contribution < -0.4 is 5.32 Å². The molecule has 3 nitrogen and oxygen atoms in total. The van der Waals surface area contributed by atoms with Crippen LogP contribution in [0, 0.1) is 5.92 Å². The van der Waals surface area contributed by atoms with E-state index in [-0.39, 0.29) is 18.5 Å². The number of amides is 1. The van der Waals surface area contributed by atoms with Crippen molar-refractivity contribution in [1.29, 1.82) is 0 Å². The summed E-state index contributed by atoms with van der Waals surface area (Å²) in [6.45, 7) is 2.84. The largest absolute Gasteiger partial charge is 0.416 e. The Balaban J connectivity index is 1.81. The fourth-order valence-corrected chi connectivity index (χ4v) is 3.19. The Morgan fingerprint density at radius 1 is 1.21 bits per heavy atom. The molecule has 0 spiro atoms. The fourth-order valence-electron chi connectivity index (χ4n) is 3.19. The second-order valence-corrected chi connectivity index (χ2v) is 6.80. The van der Waals surface area contributed by atoms with E-state index in [0.717, 1.165) is 37.0 Å². The van der Waals surface area contributed by atoms with Gasteiger partial charge in [0.15, 0.2) is 0 Å². The minimum absolute atomic E-state index is 0.0249. The number of nitrogens with zero attached hydrogens (tertiary/aromatic N) is 1. The molecule has 1 fully saturated rings. The predicted octanol–water partition coefficient (Wildman–Crippen LogP) is 3.83. The first-order valence-corrected chi connectivity index (χ1v) is 8.40. The van der Waals surface area contributed by atoms with Gasteiger partial charge in [0, 0.05) is 12.6 Å². The molecule has 0 aliphatic heterocycles. The van der Waals surface area contributed by atoms with Gasteiger partial charge in [-0.3, -0.25) is 9.69 Å². The van der Waals surface area contributed by atoms with E-state index in [2.05, 4.69) is 12.2 Å². The maximum Gasteiger partial charge on any atom is 0.416 e. The summed E-state index contributed by atoms with van der Waals surface area (Å²) in [5, 5.41) is 3.08. The molecule has 1 saturated carbocycles. The van der Waals surface area contributed by atoms with Crippen molar-refractivity contribution in [3.05, 3.63) is 35.4 Å². The van der Waals surface area contributed by atoms with E-state index in [1.807, 2.05) is 4.90 Å². The van der Waals surface area contributed by atoms with Gasteiger partial charge in [0.25, 0.3) is 0 Å². The minimum Gasteiger partial charge on any atom is -0.352 e. The Morgan fingerprint density at radius 2 is 1.83 bits per heavy atom. The first-order chi connectivity index (χ1) is 11.3. The topological polar surface area (TPSA) is 32.3 Å². The average Bonchev–Trinajstić information content (AvgIpc) is 2.49. The number of carbonyl (C=O) groups is 1. The molecule has 1 aromatic rings. The molecular weight excluding hydrogens is 317 g/mol. The number of hydrogen-bond donors (Lipinski definition) is 1. The zero-order valence-corrected chi connectivity index (χ0v) is 14.2. The molecule has 1 aliphatic rings. The lowest BCUT2D eigenvalue weighted by Crippen LogP contribution is -2.44. The van der Waals surface area contributed by atoms with Crippen molar-refractivity contribution in [2.24, 2.45) is 5.92 Å². The molecule has 0 heterocycles. The summed E-state index contributed by atoms with van der Waals surface area (Å²) in [6.07, 6.45) is 0.223. The van der Waals surface area contributed by atoms with E-state index < -0.39 is 11.7 Å². The molecule has 2 rings (SSSR count). The van der Waals surface area contributed by atoms with Gasteiger partial charge in [0.2, 0.25) is 5.91 Å². The van der Waals surface area contributed by atoms with Gasteiger partial charge in [-0.15, -0.1) is 0 Å². The standard InChI is InChI=1S/C18H25F3N2O/c1-13-5-3-4-6-16(13)22-17(24)12-23(2)11-14-7-9-15(10-8-14)18(19,20)21/h7-10,13,16H,3-6,11-12H2,1-2H3,(H,22,24)/t13-,16+/m1/s1. The Kier molecular flexibility index (Phi) is 6.27. The molecule has 134 valence electrons. The van der Waals surface area contributed by atoms with Gasteiger partial charge in [-0.2, -0.15) is 13.2 Å². The van der Waals surface area contributed by atoms with Crippen molar-refractivity contribution in [2.75, 3.05) is 13.6 Å². The molecule has 0 radical (unpaired) electrons. The summed E-state index contributed by atoms with van der Waals surface area (Å²) < 4.78 is 37.6. The summed E-state index contributed by atoms with van der Waals surface area (Å²) in [6, 6.07) is 5.31. The van der Waals surface area contributed by atoms with Crippen LogP contribution in [-0.2, 0) is 17.5 Å². The molecule has 1 amide bonds. The molecule has 0 aromatic heterocycles. The van der Waals surface area contributed by atoms with Gasteiger partial charge in [-0.1, -0.05) is 31.9 Å². The highest BCUT2D eigenvalue weighted by Crippen LogP contribution is 2.29. The van der Waals surface area contributed by atoms with Crippen LogP contribution in [0.5, 0.6) is 0 Å². The van der Waals surface area contributed by atoms with Crippen molar-refractivity contribution in [3.8, 4) is 0 Å². The van der Waals surface area contributed by atoms with E-state index in [0.29, 0.717) is 12.5 Å². The van der Waals surface area contributed by atoms with Crippen molar-refractivity contribution in [2.45, 2.75) is 51.4 Å². The zero-order valence-electron chi connectivity index (χ0n) is 14.2. The molecule has 0 unspecified atom stereocenters. The second kappa shape index (κ2) is 8.01. The summed E-state index contributed by atoms with van der Waals surface area (Å²) in [7, 11) is 1.79. The van der Waals surface area contributed by atoms with E-state index in [1.54, 1.807) is 7.05 Å². The van der Waals surface area contributed by atoms with Crippen LogP contribution in [0.1, 0.15) is 43.7 Å². The molecule has 1 aliphatic carbocycles. The van der Waals surface area contributed by atoms with Crippen molar-refractivity contribution < 1.29 is 18.0 Å². The average molecular weight is 342 g/mol. The summed E-state index contributed by atoms with van der Waals surface area (Å²) in [5.74, 6) is 0.478. The lowest BCUT2D eigenvalue weighted by Gasteiger charge is -2.30. The number of alkyl halides is 3. The summed E-state index contributed by atoms with van der Waals surface area (Å²) in [5.41, 5.74) is 0.0993. The maximum atomic E-state index is 12.5. The zero-order chi connectivity index (χ0) is 17.7. The van der Waals surface area contributed by atoms with Crippen LogP contribution in [0.3, 0.4) is 0 Å². The van der Waals surface area contributed by atoms with Crippen LogP contribution in [-0.4, -0.2) is 30.4 Å². The third-order valence-corrected chi connectivity index (χ3v) is 4.61. The first-order valence-electron chi connectivity index (χ1n) is 8.40. The number of nitrogens with one attached hydrogen (secondary N) is 1. The number of halogens is 3. The fraction of sp³-hybridized carbons (Fsp3) is 0.611.